The molecule has 0 aromatic heterocycles. The first-order valence-corrected chi connectivity index (χ1v) is 11.9. The van der Waals surface area contributed by atoms with Gasteiger partial charge in [0.2, 0.25) is 5.91 Å². The molecule has 6 nitrogen and oxygen atoms in total. The van der Waals surface area contributed by atoms with Gasteiger partial charge in [-0.3, -0.25) is 9.69 Å². The number of halogens is 1. The maximum atomic E-state index is 12.7. The van der Waals surface area contributed by atoms with Gasteiger partial charge in [0.1, 0.15) is 5.75 Å². The zero-order valence-electron chi connectivity index (χ0n) is 19.7. The summed E-state index contributed by atoms with van der Waals surface area (Å²) in [5, 5.41) is 3.84. The van der Waals surface area contributed by atoms with E-state index in [1.165, 1.54) is 5.56 Å². The quantitative estimate of drug-likeness (QED) is 0.588. The third-order valence-electron chi connectivity index (χ3n) is 7.15. The van der Waals surface area contributed by atoms with Crippen LogP contribution in [0.25, 0.3) is 0 Å². The lowest BCUT2D eigenvalue weighted by atomic mass is 9.90. The van der Waals surface area contributed by atoms with Gasteiger partial charge < -0.3 is 19.5 Å². The fourth-order valence-electron chi connectivity index (χ4n) is 4.97. The average molecular weight is 473 g/mol. The molecule has 1 amide bonds. The van der Waals surface area contributed by atoms with Crippen molar-refractivity contribution in [3.8, 4) is 17.2 Å². The third-order valence-corrected chi connectivity index (χ3v) is 7.50. The van der Waals surface area contributed by atoms with E-state index in [9.17, 15) is 4.79 Å². The minimum absolute atomic E-state index is 0.148. The molecule has 1 aliphatic heterocycles. The summed E-state index contributed by atoms with van der Waals surface area (Å²) in [5.74, 6) is 2.53. The summed E-state index contributed by atoms with van der Waals surface area (Å²) in [7, 11) is 4.91. The Labute approximate surface area is 201 Å². The molecule has 1 unspecified atom stereocenters. The fraction of sp³-hybridized carbons (Fsp3) is 0.500. The molecule has 33 heavy (non-hydrogen) atoms. The zero-order chi connectivity index (χ0) is 23.4. The summed E-state index contributed by atoms with van der Waals surface area (Å²) >= 11 is 6.48. The lowest BCUT2D eigenvalue weighted by Crippen LogP contribution is -2.37. The van der Waals surface area contributed by atoms with Crippen LogP contribution >= 0.6 is 11.6 Å². The number of rotatable bonds is 9. The first-order chi connectivity index (χ1) is 16.0. The molecule has 7 heteroatoms. The number of methoxy groups -OCH3 is 3. The van der Waals surface area contributed by atoms with Crippen molar-refractivity contribution >= 4 is 17.5 Å². The summed E-state index contributed by atoms with van der Waals surface area (Å²) in [4.78, 5) is 15.2. The van der Waals surface area contributed by atoms with Gasteiger partial charge in [0.25, 0.3) is 0 Å². The Hall–Kier alpha value is -2.44. The first kappa shape index (κ1) is 23.7. The van der Waals surface area contributed by atoms with Crippen molar-refractivity contribution in [2.75, 3.05) is 41.0 Å². The van der Waals surface area contributed by atoms with Gasteiger partial charge in [-0.05, 0) is 73.5 Å². The van der Waals surface area contributed by atoms with Gasteiger partial charge in [-0.1, -0.05) is 23.7 Å². The number of piperidine rings is 1. The molecule has 1 saturated heterocycles. The van der Waals surface area contributed by atoms with Crippen LogP contribution in [0.15, 0.2) is 36.4 Å². The van der Waals surface area contributed by atoms with Crippen LogP contribution in [-0.4, -0.2) is 51.8 Å². The van der Waals surface area contributed by atoms with E-state index in [0.29, 0.717) is 23.1 Å². The molecular weight excluding hydrogens is 440 g/mol. The Morgan fingerprint density at radius 1 is 1.09 bits per heavy atom. The molecule has 0 bridgehead atoms. The minimum atomic E-state index is 0.148. The van der Waals surface area contributed by atoms with Crippen molar-refractivity contribution in [1.82, 2.24) is 10.2 Å². The Morgan fingerprint density at radius 3 is 2.52 bits per heavy atom. The molecule has 1 atom stereocenters. The smallest absolute Gasteiger partial charge is 0.223 e. The SMILES string of the molecule is COc1cccc(CCNC(=O)C2CC23CCN(Cc2cc(OC)c(OC)cc2Cl)CC3)c1. The first-order valence-electron chi connectivity index (χ1n) is 11.5. The van der Waals surface area contributed by atoms with E-state index in [1.54, 1.807) is 21.3 Å². The predicted molar refractivity (Wildman–Crippen MR) is 129 cm³/mol. The number of hydrogen-bond acceptors (Lipinski definition) is 5. The highest BCUT2D eigenvalue weighted by Crippen LogP contribution is 2.59. The van der Waals surface area contributed by atoms with E-state index in [4.69, 9.17) is 25.8 Å². The minimum Gasteiger partial charge on any atom is -0.497 e. The number of ether oxygens (including phenoxy) is 3. The fourth-order valence-corrected chi connectivity index (χ4v) is 5.18. The monoisotopic (exact) mass is 472 g/mol. The number of likely N-dealkylation sites (tertiary alicyclic amines) is 1. The van der Waals surface area contributed by atoms with Crippen LogP contribution in [0.5, 0.6) is 17.2 Å². The van der Waals surface area contributed by atoms with Crippen molar-refractivity contribution in [2.24, 2.45) is 11.3 Å². The van der Waals surface area contributed by atoms with Crippen LogP contribution in [0.3, 0.4) is 0 Å². The molecular formula is C26H33ClN2O4. The lowest BCUT2D eigenvalue weighted by Gasteiger charge is -2.33. The summed E-state index contributed by atoms with van der Waals surface area (Å²) in [5.41, 5.74) is 2.38. The Morgan fingerprint density at radius 2 is 1.82 bits per heavy atom. The van der Waals surface area contributed by atoms with Crippen LogP contribution in [0.4, 0.5) is 0 Å². The van der Waals surface area contributed by atoms with Crippen LogP contribution in [0.2, 0.25) is 5.02 Å². The molecule has 1 N–H and O–H groups in total. The van der Waals surface area contributed by atoms with E-state index in [2.05, 4.69) is 16.3 Å². The van der Waals surface area contributed by atoms with E-state index in [1.807, 2.05) is 30.3 Å². The predicted octanol–water partition coefficient (Wildman–Crippen LogP) is 4.33. The third kappa shape index (κ3) is 5.39. The number of benzene rings is 2. The largest absolute Gasteiger partial charge is 0.497 e. The zero-order valence-corrected chi connectivity index (χ0v) is 20.4. The molecule has 4 rings (SSSR count). The molecule has 1 saturated carbocycles. The Kier molecular flexibility index (Phi) is 7.35. The molecule has 1 heterocycles. The van der Waals surface area contributed by atoms with E-state index in [-0.39, 0.29) is 17.2 Å². The van der Waals surface area contributed by atoms with Gasteiger partial charge in [0.15, 0.2) is 11.5 Å². The van der Waals surface area contributed by atoms with Crippen LogP contribution in [-0.2, 0) is 17.8 Å². The van der Waals surface area contributed by atoms with Crippen molar-refractivity contribution in [3.63, 3.8) is 0 Å². The molecule has 2 fully saturated rings. The van der Waals surface area contributed by atoms with E-state index < -0.39 is 0 Å². The molecule has 1 spiro atoms. The van der Waals surface area contributed by atoms with Crippen molar-refractivity contribution in [2.45, 2.75) is 32.2 Å². The van der Waals surface area contributed by atoms with E-state index in [0.717, 1.165) is 56.6 Å². The normalized spacial score (nSPS) is 19.2. The van der Waals surface area contributed by atoms with Gasteiger partial charge >= 0.3 is 0 Å². The number of carbonyl (C=O) groups is 1. The second-order valence-corrected chi connectivity index (χ2v) is 9.49. The summed E-state index contributed by atoms with van der Waals surface area (Å²) in [6.45, 7) is 3.37. The highest BCUT2D eigenvalue weighted by molar-refractivity contribution is 6.31. The standard InChI is InChI=1S/C26H33ClN2O4/c1-31-20-6-4-5-18(13-20)7-10-28-25(30)21-16-26(21)8-11-29(12-9-26)17-19-14-23(32-2)24(33-3)15-22(19)27/h4-6,13-15,21H,7-12,16-17H2,1-3H3,(H,28,30). The highest BCUT2D eigenvalue weighted by Gasteiger charge is 2.58. The molecule has 178 valence electrons. The molecule has 2 aromatic carbocycles. The second kappa shape index (κ2) is 10.2. The molecule has 2 aromatic rings. The van der Waals surface area contributed by atoms with Crippen LogP contribution in [0, 0.1) is 11.3 Å². The summed E-state index contributed by atoms with van der Waals surface area (Å²) in [6.07, 6.45) is 3.91. The number of nitrogens with zero attached hydrogens (tertiary/aromatic N) is 1. The van der Waals surface area contributed by atoms with Crippen LogP contribution < -0.4 is 19.5 Å². The second-order valence-electron chi connectivity index (χ2n) is 9.09. The van der Waals surface area contributed by atoms with Crippen LogP contribution in [0.1, 0.15) is 30.4 Å². The maximum absolute atomic E-state index is 12.7. The summed E-state index contributed by atoms with van der Waals surface area (Å²) < 4.78 is 16.0. The molecule has 1 aliphatic carbocycles. The van der Waals surface area contributed by atoms with Crippen molar-refractivity contribution < 1.29 is 19.0 Å². The molecule has 2 aliphatic rings. The average Bonchev–Trinajstić information content (AvgIpc) is 3.55. The van der Waals surface area contributed by atoms with Crippen molar-refractivity contribution in [1.29, 1.82) is 0 Å². The number of nitrogens with one attached hydrogen (secondary N) is 1. The van der Waals surface area contributed by atoms with Gasteiger partial charge in [-0.2, -0.15) is 0 Å². The van der Waals surface area contributed by atoms with Gasteiger partial charge in [-0.15, -0.1) is 0 Å². The lowest BCUT2D eigenvalue weighted by molar-refractivity contribution is -0.123. The van der Waals surface area contributed by atoms with Gasteiger partial charge in [0.05, 0.1) is 21.3 Å². The number of carbonyl (C=O) groups excluding carboxylic acids is 1. The maximum Gasteiger partial charge on any atom is 0.223 e. The number of amides is 1. The Balaban J connectivity index is 1.24. The van der Waals surface area contributed by atoms with Gasteiger partial charge in [0, 0.05) is 30.1 Å². The highest BCUT2D eigenvalue weighted by atomic mass is 35.5. The topological polar surface area (TPSA) is 60.0 Å². The Bertz CT molecular complexity index is 988. The van der Waals surface area contributed by atoms with E-state index >= 15 is 0 Å². The molecule has 0 radical (unpaired) electrons. The number of hydrogen-bond donors (Lipinski definition) is 1. The summed E-state index contributed by atoms with van der Waals surface area (Å²) in [6, 6.07) is 11.8. The van der Waals surface area contributed by atoms with Crippen molar-refractivity contribution in [3.05, 3.63) is 52.5 Å². The van der Waals surface area contributed by atoms with Gasteiger partial charge in [-0.25, -0.2) is 0 Å².